The second kappa shape index (κ2) is 7.38. The van der Waals surface area contributed by atoms with Crippen molar-refractivity contribution in [2.75, 3.05) is 19.6 Å². The largest absolute Gasteiger partial charge is 0.314 e. The van der Waals surface area contributed by atoms with E-state index < -0.39 is 0 Å². The van der Waals surface area contributed by atoms with Crippen LogP contribution in [0.25, 0.3) is 0 Å². The average molecular weight is 240 g/mol. The van der Waals surface area contributed by atoms with Gasteiger partial charge in [-0.15, -0.1) is 0 Å². The Kier molecular flexibility index (Phi) is 6.50. The van der Waals surface area contributed by atoms with Crippen molar-refractivity contribution in [1.29, 1.82) is 0 Å². The highest BCUT2D eigenvalue weighted by molar-refractivity contribution is 4.88. The number of piperidine rings is 1. The van der Waals surface area contributed by atoms with Gasteiger partial charge in [-0.25, -0.2) is 0 Å². The molecule has 0 aromatic carbocycles. The van der Waals surface area contributed by atoms with Crippen LogP contribution in [0.3, 0.4) is 0 Å². The molecule has 1 fully saturated rings. The lowest BCUT2D eigenvalue weighted by Crippen LogP contribution is -2.54. The normalized spacial score (nSPS) is 32.6. The highest BCUT2D eigenvalue weighted by Gasteiger charge is 2.32. The van der Waals surface area contributed by atoms with Crippen LogP contribution in [0.4, 0.5) is 0 Å². The Bertz CT molecular complexity index is 205. The Labute approximate surface area is 108 Å². The Morgan fingerprint density at radius 2 is 2.00 bits per heavy atom. The van der Waals surface area contributed by atoms with Crippen LogP contribution in [0.5, 0.6) is 0 Å². The molecule has 1 N–H and O–H groups in total. The first-order chi connectivity index (χ1) is 8.10. The molecule has 0 aromatic rings. The van der Waals surface area contributed by atoms with Gasteiger partial charge in [0.05, 0.1) is 0 Å². The summed E-state index contributed by atoms with van der Waals surface area (Å²) in [6.07, 6.45) is 3.87. The smallest absolute Gasteiger partial charge is 0.0120 e. The summed E-state index contributed by atoms with van der Waals surface area (Å²) in [6.45, 7) is 15.5. The van der Waals surface area contributed by atoms with Crippen molar-refractivity contribution in [3.63, 3.8) is 0 Å². The first-order valence-corrected chi connectivity index (χ1v) is 7.57. The molecule has 1 aliphatic rings. The van der Waals surface area contributed by atoms with E-state index in [0.29, 0.717) is 0 Å². The summed E-state index contributed by atoms with van der Waals surface area (Å²) in [5.74, 6) is 1.61. The molecule has 1 aliphatic heterocycles. The number of likely N-dealkylation sites (tertiary alicyclic amines) is 1. The average Bonchev–Trinajstić information content (AvgIpc) is 2.34. The number of hydrogen-bond acceptors (Lipinski definition) is 2. The van der Waals surface area contributed by atoms with Crippen LogP contribution in [-0.4, -0.2) is 36.6 Å². The van der Waals surface area contributed by atoms with Crippen molar-refractivity contribution < 1.29 is 0 Å². The van der Waals surface area contributed by atoms with Gasteiger partial charge in [-0.1, -0.05) is 34.1 Å². The SMILES string of the molecule is CCCNC1CCN(CC(C)CC)C(C)C1C. The lowest BCUT2D eigenvalue weighted by molar-refractivity contribution is 0.0720. The maximum Gasteiger partial charge on any atom is 0.0120 e. The summed E-state index contributed by atoms with van der Waals surface area (Å²) in [6, 6.07) is 1.46. The molecule has 2 heteroatoms. The molecule has 1 heterocycles. The molecule has 4 unspecified atom stereocenters. The van der Waals surface area contributed by atoms with Gasteiger partial charge in [0, 0.05) is 18.6 Å². The van der Waals surface area contributed by atoms with Crippen molar-refractivity contribution in [2.45, 2.75) is 66.0 Å². The topological polar surface area (TPSA) is 15.3 Å². The zero-order chi connectivity index (χ0) is 12.8. The summed E-state index contributed by atoms with van der Waals surface area (Å²) in [4.78, 5) is 2.70. The summed E-state index contributed by atoms with van der Waals surface area (Å²) in [5.41, 5.74) is 0. The molecule has 0 amide bonds. The molecule has 4 atom stereocenters. The molecule has 102 valence electrons. The van der Waals surface area contributed by atoms with E-state index in [-0.39, 0.29) is 0 Å². The third-order valence-corrected chi connectivity index (χ3v) is 4.60. The molecular weight excluding hydrogens is 208 g/mol. The minimum absolute atomic E-state index is 0.729. The standard InChI is InChI=1S/C15H32N2/c1-6-9-16-15-8-10-17(11-12(3)7-2)14(5)13(15)4/h12-16H,6-11H2,1-5H3. The quantitative estimate of drug-likeness (QED) is 0.767. The van der Waals surface area contributed by atoms with Crippen LogP contribution < -0.4 is 5.32 Å². The molecule has 0 aliphatic carbocycles. The molecule has 0 saturated carbocycles. The summed E-state index contributed by atoms with van der Waals surface area (Å²) in [5, 5.41) is 3.71. The Balaban J connectivity index is 2.44. The van der Waals surface area contributed by atoms with Crippen molar-refractivity contribution in [1.82, 2.24) is 10.2 Å². The predicted octanol–water partition coefficient (Wildman–Crippen LogP) is 3.13. The van der Waals surface area contributed by atoms with Gasteiger partial charge in [0.2, 0.25) is 0 Å². The third kappa shape index (κ3) is 4.26. The van der Waals surface area contributed by atoms with Gasteiger partial charge in [0.15, 0.2) is 0 Å². The predicted molar refractivity (Wildman–Crippen MR) is 76.4 cm³/mol. The monoisotopic (exact) mass is 240 g/mol. The molecule has 1 saturated heterocycles. The lowest BCUT2D eigenvalue weighted by Gasteiger charge is -2.44. The lowest BCUT2D eigenvalue weighted by atomic mass is 9.86. The van der Waals surface area contributed by atoms with Gasteiger partial charge in [-0.2, -0.15) is 0 Å². The molecule has 0 aromatic heterocycles. The number of hydrogen-bond donors (Lipinski definition) is 1. The van der Waals surface area contributed by atoms with Crippen molar-refractivity contribution in [2.24, 2.45) is 11.8 Å². The maximum absolute atomic E-state index is 3.71. The molecule has 0 spiro atoms. The second-order valence-electron chi connectivity index (χ2n) is 5.96. The highest BCUT2D eigenvalue weighted by atomic mass is 15.2. The third-order valence-electron chi connectivity index (χ3n) is 4.60. The zero-order valence-electron chi connectivity index (χ0n) is 12.5. The maximum atomic E-state index is 3.71. The fourth-order valence-electron chi connectivity index (χ4n) is 2.84. The van der Waals surface area contributed by atoms with Crippen molar-refractivity contribution in [3.05, 3.63) is 0 Å². The first kappa shape index (κ1) is 15.0. The van der Waals surface area contributed by atoms with Crippen LogP contribution >= 0.6 is 0 Å². The fraction of sp³-hybridized carbons (Fsp3) is 1.00. The molecule has 2 nitrogen and oxygen atoms in total. The van der Waals surface area contributed by atoms with Gasteiger partial charge in [0.25, 0.3) is 0 Å². The number of nitrogens with zero attached hydrogens (tertiary/aromatic N) is 1. The summed E-state index contributed by atoms with van der Waals surface area (Å²) in [7, 11) is 0. The first-order valence-electron chi connectivity index (χ1n) is 7.57. The van der Waals surface area contributed by atoms with E-state index in [2.05, 4.69) is 44.8 Å². The zero-order valence-corrected chi connectivity index (χ0v) is 12.5. The second-order valence-corrected chi connectivity index (χ2v) is 5.96. The molecule has 17 heavy (non-hydrogen) atoms. The van der Waals surface area contributed by atoms with Gasteiger partial charge in [-0.05, 0) is 44.7 Å². The molecular formula is C15H32N2. The Morgan fingerprint density at radius 1 is 1.29 bits per heavy atom. The van der Waals surface area contributed by atoms with Gasteiger partial charge >= 0.3 is 0 Å². The summed E-state index contributed by atoms with van der Waals surface area (Å²) < 4.78 is 0. The van der Waals surface area contributed by atoms with Crippen LogP contribution in [0.15, 0.2) is 0 Å². The van der Waals surface area contributed by atoms with Gasteiger partial charge < -0.3 is 10.2 Å². The number of rotatable bonds is 6. The van der Waals surface area contributed by atoms with E-state index in [9.17, 15) is 0 Å². The number of nitrogens with one attached hydrogen (secondary N) is 1. The Morgan fingerprint density at radius 3 is 2.59 bits per heavy atom. The van der Waals surface area contributed by atoms with Crippen LogP contribution in [0.1, 0.15) is 53.9 Å². The van der Waals surface area contributed by atoms with E-state index in [0.717, 1.165) is 23.9 Å². The van der Waals surface area contributed by atoms with Crippen LogP contribution in [-0.2, 0) is 0 Å². The van der Waals surface area contributed by atoms with Crippen LogP contribution in [0.2, 0.25) is 0 Å². The van der Waals surface area contributed by atoms with Gasteiger partial charge in [0.1, 0.15) is 0 Å². The summed E-state index contributed by atoms with van der Waals surface area (Å²) >= 11 is 0. The minimum atomic E-state index is 0.729. The van der Waals surface area contributed by atoms with E-state index in [1.54, 1.807) is 0 Å². The fourth-order valence-corrected chi connectivity index (χ4v) is 2.84. The van der Waals surface area contributed by atoms with Crippen molar-refractivity contribution in [3.8, 4) is 0 Å². The van der Waals surface area contributed by atoms with Crippen molar-refractivity contribution >= 4 is 0 Å². The van der Waals surface area contributed by atoms with E-state index in [4.69, 9.17) is 0 Å². The molecule has 0 bridgehead atoms. The van der Waals surface area contributed by atoms with Gasteiger partial charge in [-0.3, -0.25) is 0 Å². The van der Waals surface area contributed by atoms with E-state index in [1.807, 2.05) is 0 Å². The Hall–Kier alpha value is -0.0800. The molecule has 0 radical (unpaired) electrons. The van der Waals surface area contributed by atoms with E-state index >= 15 is 0 Å². The van der Waals surface area contributed by atoms with E-state index in [1.165, 1.54) is 38.9 Å². The highest BCUT2D eigenvalue weighted by Crippen LogP contribution is 2.24. The molecule has 1 rings (SSSR count). The minimum Gasteiger partial charge on any atom is -0.314 e. The van der Waals surface area contributed by atoms with Crippen LogP contribution in [0, 0.1) is 11.8 Å².